The number of amides is 1. The summed E-state index contributed by atoms with van der Waals surface area (Å²) in [6, 6.07) is 2.56. The topological polar surface area (TPSA) is 107 Å². The van der Waals surface area contributed by atoms with E-state index in [1.54, 1.807) is 0 Å². The van der Waals surface area contributed by atoms with Crippen molar-refractivity contribution in [2.75, 3.05) is 6.61 Å². The second-order valence-corrected chi connectivity index (χ2v) is 3.29. The number of nitrogens with zero attached hydrogens (tertiary/aromatic N) is 2. The third-order valence-corrected chi connectivity index (χ3v) is 1.87. The predicted molar refractivity (Wildman–Crippen MR) is 62.3 cm³/mol. The molecule has 98 valence electrons. The molecule has 18 heavy (non-hydrogen) atoms. The zero-order valence-electron chi connectivity index (χ0n) is 9.79. The first kappa shape index (κ1) is 13.7. The SMILES string of the molecule is CCCCOC(=O)N/N=C/c1ccc([N+](=O)[O-])o1. The third kappa shape index (κ3) is 4.64. The van der Waals surface area contributed by atoms with Gasteiger partial charge in [0.25, 0.3) is 0 Å². The van der Waals surface area contributed by atoms with Crippen LogP contribution in [0.3, 0.4) is 0 Å². The number of carbonyl (C=O) groups is 1. The van der Waals surface area contributed by atoms with Crippen molar-refractivity contribution in [1.82, 2.24) is 5.43 Å². The Hall–Kier alpha value is -2.38. The van der Waals surface area contributed by atoms with Gasteiger partial charge in [0.15, 0.2) is 5.76 Å². The monoisotopic (exact) mass is 255 g/mol. The molecule has 0 aliphatic rings. The maximum atomic E-state index is 11.0. The van der Waals surface area contributed by atoms with Crippen molar-refractivity contribution in [3.8, 4) is 0 Å². The van der Waals surface area contributed by atoms with Gasteiger partial charge in [-0.15, -0.1) is 0 Å². The fraction of sp³-hybridized carbons (Fsp3) is 0.400. The smallest absolute Gasteiger partial charge is 0.433 e. The molecule has 1 amide bonds. The summed E-state index contributed by atoms with van der Waals surface area (Å²) in [6.07, 6.45) is 2.17. The predicted octanol–water partition coefficient (Wildman–Crippen LogP) is 2.05. The lowest BCUT2D eigenvalue weighted by Crippen LogP contribution is -2.19. The van der Waals surface area contributed by atoms with Gasteiger partial charge in [0, 0.05) is 0 Å². The summed E-state index contributed by atoms with van der Waals surface area (Å²) in [5.41, 5.74) is 2.11. The molecule has 0 saturated heterocycles. The van der Waals surface area contributed by atoms with Crippen LogP contribution in [0.25, 0.3) is 0 Å². The van der Waals surface area contributed by atoms with Gasteiger partial charge in [-0.3, -0.25) is 10.1 Å². The van der Waals surface area contributed by atoms with Crippen LogP contribution in [0.2, 0.25) is 0 Å². The second kappa shape index (κ2) is 7.05. The van der Waals surface area contributed by atoms with Crippen LogP contribution in [0.15, 0.2) is 21.7 Å². The first-order chi connectivity index (χ1) is 8.63. The number of rotatable bonds is 6. The molecule has 0 aliphatic heterocycles. The van der Waals surface area contributed by atoms with E-state index in [1.165, 1.54) is 12.1 Å². The van der Waals surface area contributed by atoms with Crippen LogP contribution in [-0.4, -0.2) is 23.8 Å². The Balaban J connectivity index is 2.35. The molecule has 0 atom stereocenters. The van der Waals surface area contributed by atoms with Crippen LogP contribution >= 0.6 is 0 Å². The van der Waals surface area contributed by atoms with E-state index < -0.39 is 11.0 Å². The minimum Gasteiger partial charge on any atom is -0.448 e. The van der Waals surface area contributed by atoms with E-state index in [4.69, 9.17) is 9.15 Å². The Labute approximate surface area is 103 Å². The molecule has 0 aliphatic carbocycles. The first-order valence-electron chi connectivity index (χ1n) is 5.33. The van der Waals surface area contributed by atoms with Crippen LogP contribution in [0, 0.1) is 10.1 Å². The molecular weight excluding hydrogens is 242 g/mol. The number of carbonyl (C=O) groups excluding carboxylic acids is 1. The summed E-state index contributed by atoms with van der Waals surface area (Å²) in [5.74, 6) is -0.225. The van der Waals surface area contributed by atoms with Gasteiger partial charge in [0.1, 0.15) is 4.92 Å². The van der Waals surface area contributed by atoms with Crippen LogP contribution < -0.4 is 5.43 Å². The normalized spacial score (nSPS) is 10.5. The summed E-state index contributed by atoms with van der Waals surface area (Å²) in [5, 5.41) is 13.8. The highest BCUT2D eigenvalue weighted by Crippen LogP contribution is 2.13. The number of nitro groups is 1. The molecule has 0 unspecified atom stereocenters. The average Bonchev–Trinajstić information content (AvgIpc) is 2.78. The highest BCUT2D eigenvalue weighted by Gasteiger charge is 2.10. The summed E-state index contributed by atoms with van der Waals surface area (Å²) < 4.78 is 9.55. The fourth-order valence-corrected chi connectivity index (χ4v) is 1.000. The number of furan rings is 1. The maximum Gasteiger partial charge on any atom is 0.433 e. The molecule has 0 spiro atoms. The fourth-order valence-electron chi connectivity index (χ4n) is 1.000. The van der Waals surface area contributed by atoms with Crippen molar-refractivity contribution >= 4 is 18.2 Å². The molecular formula is C10H13N3O5. The number of nitrogens with one attached hydrogen (secondary N) is 1. The Morgan fingerprint density at radius 1 is 1.67 bits per heavy atom. The molecule has 8 nitrogen and oxygen atoms in total. The second-order valence-electron chi connectivity index (χ2n) is 3.29. The van der Waals surface area contributed by atoms with Gasteiger partial charge >= 0.3 is 12.0 Å². The van der Waals surface area contributed by atoms with E-state index >= 15 is 0 Å². The summed E-state index contributed by atoms with van der Waals surface area (Å²) in [7, 11) is 0. The van der Waals surface area contributed by atoms with Crippen molar-refractivity contribution in [2.24, 2.45) is 5.10 Å². The van der Waals surface area contributed by atoms with E-state index in [0.29, 0.717) is 6.61 Å². The van der Waals surface area contributed by atoms with Crippen LogP contribution in [0.1, 0.15) is 25.5 Å². The van der Waals surface area contributed by atoms with Gasteiger partial charge in [0.05, 0.1) is 18.9 Å². The quantitative estimate of drug-likeness (QED) is 0.362. The van der Waals surface area contributed by atoms with Crippen LogP contribution in [0.4, 0.5) is 10.7 Å². The van der Waals surface area contributed by atoms with E-state index in [9.17, 15) is 14.9 Å². The maximum absolute atomic E-state index is 11.0. The van der Waals surface area contributed by atoms with Gasteiger partial charge in [-0.25, -0.2) is 10.2 Å². The Kier molecular flexibility index (Phi) is 5.36. The van der Waals surface area contributed by atoms with Crippen molar-refractivity contribution in [1.29, 1.82) is 0 Å². The number of unbranched alkanes of at least 4 members (excludes halogenated alkanes) is 1. The average molecular weight is 255 g/mol. The molecule has 0 radical (unpaired) electrons. The van der Waals surface area contributed by atoms with E-state index in [-0.39, 0.29) is 11.6 Å². The van der Waals surface area contributed by atoms with Crippen LogP contribution in [-0.2, 0) is 4.74 Å². The van der Waals surface area contributed by atoms with Gasteiger partial charge in [-0.1, -0.05) is 13.3 Å². The number of ether oxygens (including phenoxy) is 1. The Bertz CT molecular complexity index is 440. The van der Waals surface area contributed by atoms with Gasteiger partial charge in [-0.05, 0) is 12.5 Å². The molecule has 0 bridgehead atoms. The minimum atomic E-state index is -0.680. The zero-order chi connectivity index (χ0) is 13.4. The van der Waals surface area contributed by atoms with Crippen molar-refractivity contribution in [2.45, 2.75) is 19.8 Å². The summed E-state index contributed by atoms with van der Waals surface area (Å²) >= 11 is 0. The lowest BCUT2D eigenvalue weighted by molar-refractivity contribution is -0.402. The highest BCUT2D eigenvalue weighted by molar-refractivity contribution is 5.78. The van der Waals surface area contributed by atoms with Crippen molar-refractivity contribution < 1.29 is 18.9 Å². The summed E-state index contributed by atoms with van der Waals surface area (Å²) in [4.78, 5) is 20.7. The van der Waals surface area contributed by atoms with Crippen molar-refractivity contribution in [3.05, 3.63) is 28.0 Å². The zero-order valence-corrected chi connectivity index (χ0v) is 9.79. The Morgan fingerprint density at radius 3 is 3.06 bits per heavy atom. The van der Waals surface area contributed by atoms with E-state index in [0.717, 1.165) is 19.1 Å². The molecule has 1 N–H and O–H groups in total. The molecule has 0 saturated carbocycles. The largest absolute Gasteiger partial charge is 0.448 e. The minimum absolute atomic E-state index is 0.163. The van der Waals surface area contributed by atoms with Gasteiger partial charge in [-0.2, -0.15) is 5.10 Å². The molecule has 1 heterocycles. The summed E-state index contributed by atoms with van der Waals surface area (Å²) in [6.45, 7) is 2.30. The molecule has 0 fully saturated rings. The van der Waals surface area contributed by atoms with E-state index in [2.05, 4.69) is 10.5 Å². The standard InChI is InChI=1S/C10H13N3O5/c1-2-3-6-17-10(14)12-11-7-8-4-5-9(18-8)13(15)16/h4-5,7H,2-3,6H2,1H3,(H,12,14)/b11-7+. The van der Waals surface area contributed by atoms with Crippen molar-refractivity contribution in [3.63, 3.8) is 0 Å². The first-order valence-corrected chi connectivity index (χ1v) is 5.33. The Morgan fingerprint density at radius 2 is 2.44 bits per heavy atom. The molecule has 1 aromatic rings. The lowest BCUT2D eigenvalue weighted by Gasteiger charge is -2.00. The third-order valence-electron chi connectivity index (χ3n) is 1.87. The van der Waals surface area contributed by atoms with Gasteiger partial charge in [0.2, 0.25) is 0 Å². The molecule has 1 aromatic heterocycles. The molecule has 0 aromatic carbocycles. The highest BCUT2D eigenvalue weighted by atomic mass is 16.6. The number of hydrazone groups is 1. The molecule has 1 rings (SSSR count). The van der Waals surface area contributed by atoms with Crippen LogP contribution in [0.5, 0.6) is 0 Å². The lowest BCUT2D eigenvalue weighted by atomic mass is 10.4. The van der Waals surface area contributed by atoms with Gasteiger partial charge < -0.3 is 9.15 Å². The number of hydrogen-bond donors (Lipinski definition) is 1. The number of hydrogen-bond acceptors (Lipinski definition) is 6. The molecule has 8 heteroatoms. The van der Waals surface area contributed by atoms with E-state index in [1.807, 2.05) is 6.92 Å².